The van der Waals surface area contributed by atoms with E-state index in [4.69, 9.17) is 0 Å². The fourth-order valence-corrected chi connectivity index (χ4v) is 3.33. The number of nitrogens with zero attached hydrogens (tertiary/aromatic N) is 1. The molecular formula is C12H24N2. The Morgan fingerprint density at radius 2 is 2.21 bits per heavy atom. The molecule has 2 aliphatic heterocycles. The van der Waals surface area contributed by atoms with Gasteiger partial charge in [0.05, 0.1) is 0 Å². The highest BCUT2D eigenvalue weighted by molar-refractivity contribution is 4.99. The molecule has 0 aromatic carbocycles. The van der Waals surface area contributed by atoms with Crippen LogP contribution in [0.15, 0.2) is 0 Å². The molecule has 0 aromatic rings. The zero-order chi connectivity index (χ0) is 10.1. The first-order chi connectivity index (χ1) is 6.74. The quantitative estimate of drug-likeness (QED) is 0.725. The molecule has 0 aliphatic carbocycles. The average Bonchev–Trinajstić information content (AvgIpc) is 2.56. The normalized spacial score (nSPS) is 39.0. The van der Waals surface area contributed by atoms with Crippen LogP contribution in [0.5, 0.6) is 0 Å². The first kappa shape index (κ1) is 10.4. The Bertz CT molecular complexity index is 189. The lowest BCUT2D eigenvalue weighted by atomic mass is 9.90. The Kier molecular flexibility index (Phi) is 3.13. The Labute approximate surface area is 88.1 Å². The molecule has 3 atom stereocenters. The van der Waals surface area contributed by atoms with Gasteiger partial charge in [0.25, 0.3) is 0 Å². The van der Waals surface area contributed by atoms with E-state index in [0.29, 0.717) is 6.04 Å². The van der Waals surface area contributed by atoms with Crippen LogP contribution in [-0.2, 0) is 0 Å². The zero-order valence-electron chi connectivity index (χ0n) is 9.79. The van der Waals surface area contributed by atoms with Crippen molar-refractivity contribution in [3.63, 3.8) is 0 Å². The van der Waals surface area contributed by atoms with E-state index in [-0.39, 0.29) is 0 Å². The van der Waals surface area contributed by atoms with Gasteiger partial charge in [-0.25, -0.2) is 0 Å². The van der Waals surface area contributed by atoms with Gasteiger partial charge in [0.15, 0.2) is 0 Å². The molecule has 1 N–H and O–H groups in total. The van der Waals surface area contributed by atoms with Crippen LogP contribution in [0.2, 0.25) is 0 Å². The molecule has 0 aromatic heterocycles. The number of piperidine rings is 1. The van der Waals surface area contributed by atoms with Gasteiger partial charge in [0.1, 0.15) is 0 Å². The molecule has 82 valence electrons. The van der Waals surface area contributed by atoms with Gasteiger partial charge in [0, 0.05) is 24.7 Å². The number of hydrogen-bond donors (Lipinski definition) is 1. The Balaban J connectivity index is 2.08. The zero-order valence-corrected chi connectivity index (χ0v) is 9.79. The molecule has 0 radical (unpaired) electrons. The van der Waals surface area contributed by atoms with E-state index in [2.05, 4.69) is 31.0 Å². The van der Waals surface area contributed by atoms with Gasteiger partial charge in [-0.05, 0) is 45.6 Å². The lowest BCUT2D eigenvalue weighted by Gasteiger charge is -2.32. The summed E-state index contributed by atoms with van der Waals surface area (Å²) >= 11 is 0. The maximum atomic E-state index is 3.73. The maximum absolute atomic E-state index is 3.73. The molecule has 2 heterocycles. The predicted octanol–water partition coefficient (Wildman–Crippen LogP) is 1.86. The van der Waals surface area contributed by atoms with Crippen LogP contribution in [-0.4, -0.2) is 36.1 Å². The van der Waals surface area contributed by atoms with Crippen molar-refractivity contribution in [2.24, 2.45) is 5.92 Å². The fraction of sp³-hybridized carbons (Fsp3) is 1.00. The van der Waals surface area contributed by atoms with E-state index in [1.54, 1.807) is 0 Å². The highest BCUT2D eigenvalue weighted by Gasteiger charge is 2.42. The van der Waals surface area contributed by atoms with Crippen LogP contribution in [0, 0.1) is 5.92 Å². The van der Waals surface area contributed by atoms with Gasteiger partial charge in [-0.1, -0.05) is 6.92 Å². The van der Waals surface area contributed by atoms with Gasteiger partial charge in [0.2, 0.25) is 0 Å². The van der Waals surface area contributed by atoms with Gasteiger partial charge < -0.3 is 5.32 Å². The van der Waals surface area contributed by atoms with Crippen molar-refractivity contribution < 1.29 is 0 Å². The van der Waals surface area contributed by atoms with Crippen LogP contribution >= 0.6 is 0 Å². The molecular weight excluding hydrogens is 172 g/mol. The van der Waals surface area contributed by atoms with Crippen molar-refractivity contribution in [3.8, 4) is 0 Å². The van der Waals surface area contributed by atoms with Crippen LogP contribution in [0.25, 0.3) is 0 Å². The second kappa shape index (κ2) is 4.19. The molecule has 2 heteroatoms. The molecule has 2 aliphatic rings. The molecule has 14 heavy (non-hydrogen) atoms. The summed E-state index contributed by atoms with van der Waals surface area (Å²) in [6, 6.07) is 2.30. The van der Waals surface area contributed by atoms with E-state index in [9.17, 15) is 0 Å². The van der Waals surface area contributed by atoms with Gasteiger partial charge in [-0.2, -0.15) is 0 Å². The monoisotopic (exact) mass is 196 g/mol. The fourth-order valence-electron chi connectivity index (χ4n) is 3.33. The summed E-state index contributed by atoms with van der Waals surface area (Å²) in [5.74, 6) is 0.927. The summed E-state index contributed by atoms with van der Waals surface area (Å²) in [4.78, 5) is 2.70. The Hall–Kier alpha value is -0.0800. The van der Waals surface area contributed by atoms with Crippen molar-refractivity contribution in [1.82, 2.24) is 10.2 Å². The van der Waals surface area contributed by atoms with Crippen molar-refractivity contribution >= 4 is 0 Å². The van der Waals surface area contributed by atoms with E-state index >= 15 is 0 Å². The number of fused-ring (bicyclic) bond motifs is 1. The Morgan fingerprint density at radius 1 is 1.43 bits per heavy atom. The first-order valence-corrected chi connectivity index (χ1v) is 6.23. The number of rotatable bonds is 2. The average molecular weight is 196 g/mol. The number of likely N-dealkylation sites (tertiary alicyclic amines) is 1. The molecule has 2 nitrogen and oxygen atoms in total. The molecule has 0 amide bonds. The minimum absolute atomic E-state index is 0.715. The molecule has 2 rings (SSSR count). The predicted molar refractivity (Wildman–Crippen MR) is 60.4 cm³/mol. The Morgan fingerprint density at radius 3 is 2.86 bits per heavy atom. The summed E-state index contributed by atoms with van der Waals surface area (Å²) in [6.45, 7) is 9.57. The van der Waals surface area contributed by atoms with Crippen LogP contribution < -0.4 is 5.32 Å². The number of hydrogen-bond acceptors (Lipinski definition) is 2. The van der Waals surface area contributed by atoms with E-state index in [1.165, 1.54) is 32.4 Å². The third kappa shape index (κ3) is 1.70. The molecule has 2 fully saturated rings. The minimum atomic E-state index is 0.715. The second-order valence-electron chi connectivity index (χ2n) is 5.15. The SMILES string of the molecule is CCC1C2NCCCC2CN1C(C)C. The third-order valence-corrected chi connectivity index (χ3v) is 4.01. The summed E-state index contributed by atoms with van der Waals surface area (Å²) < 4.78 is 0. The largest absolute Gasteiger partial charge is 0.312 e. The van der Waals surface area contributed by atoms with Crippen molar-refractivity contribution in [1.29, 1.82) is 0 Å². The van der Waals surface area contributed by atoms with Crippen LogP contribution in [0.3, 0.4) is 0 Å². The van der Waals surface area contributed by atoms with Crippen LogP contribution in [0.4, 0.5) is 0 Å². The highest BCUT2D eigenvalue weighted by Crippen LogP contribution is 2.32. The van der Waals surface area contributed by atoms with Crippen molar-refractivity contribution in [2.45, 2.75) is 58.2 Å². The number of nitrogens with one attached hydrogen (secondary N) is 1. The summed E-state index contributed by atoms with van der Waals surface area (Å²) in [6.07, 6.45) is 4.12. The lowest BCUT2D eigenvalue weighted by molar-refractivity contribution is 0.185. The smallest absolute Gasteiger partial charge is 0.0263 e. The molecule has 0 bridgehead atoms. The summed E-state index contributed by atoms with van der Waals surface area (Å²) in [5, 5.41) is 3.73. The standard InChI is InChI=1S/C12H24N2/c1-4-11-12-10(6-5-7-13-12)8-14(11)9(2)3/h9-13H,4-8H2,1-3H3. The lowest BCUT2D eigenvalue weighted by Crippen LogP contribution is -2.47. The summed E-state index contributed by atoms with van der Waals surface area (Å²) in [7, 11) is 0. The highest BCUT2D eigenvalue weighted by atomic mass is 15.3. The van der Waals surface area contributed by atoms with E-state index in [1.807, 2.05) is 0 Å². The third-order valence-electron chi connectivity index (χ3n) is 4.01. The minimum Gasteiger partial charge on any atom is -0.312 e. The van der Waals surface area contributed by atoms with E-state index < -0.39 is 0 Å². The van der Waals surface area contributed by atoms with E-state index in [0.717, 1.165) is 18.0 Å². The molecule has 3 unspecified atom stereocenters. The van der Waals surface area contributed by atoms with Gasteiger partial charge in [-0.3, -0.25) is 4.90 Å². The topological polar surface area (TPSA) is 15.3 Å². The van der Waals surface area contributed by atoms with Crippen molar-refractivity contribution in [2.75, 3.05) is 13.1 Å². The first-order valence-electron chi connectivity index (χ1n) is 6.23. The summed E-state index contributed by atoms with van der Waals surface area (Å²) in [5.41, 5.74) is 0. The maximum Gasteiger partial charge on any atom is 0.0263 e. The molecule has 2 saturated heterocycles. The van der Waals surface area contributed by atoms with Crippen LogP contribution in [0.1, 0.15) is 40.0 Å². The van der Waals surface area contributed by atoms with Gasteiger partial charge in [-0.15, -0.1) is 0 Å². The molecule has 0 spiro atoms. The molecule has 0 saturated carbocycles. The second-order valence-corrected chi connectivity index (χ2v) is 5.15. The van der Waals surface area contributed by atoms with Crippen molar-refractivity contribution in [3.05, 3.63) is 0 Å². The van der Waals surface area contributed by atoms with Gasteiger partial charge >= 0.3 is 0 Å².